The number of sulfonamides is 1. The first kappa shape index (κ1) is 16.1. The van der Waals surface area contributed by atoms with Crippen LogP contribution in [0.25, 0.3) is 0 Å². The maximum atomic E-state index is 12.4. The largest absolute Gasteiger partial charge is 0.326 e. The molecule has 4 nitrogen and oxygen atoms in total. The second-order valence-corrected chi connectivity index (χ2v) is 8.45. The topological polar surface area (TPSA) is 72.2 Å². The van der Waals surface area contributed by atoms with Gasteiger partial charge in [-0.05, 0) is 36.8 Å². The fourth-order valence-electron chi connectivity index (χ4n) is 2.21. The lowest BCUT2D eigenvalue weighted by molar-refractivity contribution is 0.362. The molecule has 0 heterocycles. The molecule has 0 aromatic heterocycles. The third kappa shape index (κ3) is 3.31. The highest BCUT2D eigenvalue weighted by Gasteiger charge is 2.37. The molecule has 0 atom stereocenters. The van der Waals surface area contributed by atoms with E-state index in [1.54, 1.807) is 23.9 Å². The van der Waals surface area contributed by atoms with Crippen LogP contribution in [-0.2, 0) is 16.6 Å². The van der Waals surface area contributed by atoms with Gasteiger partial charge in [-0.2, -0.15) is 11.8 Å². The molecule has 0 spiro atoms. The van der Waals surface area contributed by atoms with Crippen LogP contribution in [0.4, 0.5) is 0 Å². The number of benzene rings is 1. The minimum atomic E-state index is -3.59. The fourth-order valence-corrected chi connectivity index (χ4v) is 4.89. The molecule has 1 aliphatic rings. The second-order valence-electron chi connectivity index (χ2n) is 5.03. The van der Waals surface area contributed by atoms with Gasteiger partial charge in [0.2, 0.25) is 10.0 Å². The van der Waals surface area contributed by atoms with Gasteiger partial charge in [-0.3, -0.25) is 0 Å². The molecule has 0 aliphatic heterocycles. The minimum Gasteiger partial charge on any atom is -0.326 e. The Labute approximate surface area is 129 Å². The van der Waals surface area contributed by atoms with Crippen molar-refractivity contribution < 1.29 is 8.42 Å². The van der Waals surface area contributed by atoms with E-state index in [0.717, 1.165) is 24.8 Å². The molecule has 0 saturated heterocycles. The number of hydrogen-bond acceptors (Lipinski definition) is 4. The van der Waals surface area contributed by atoms with Crippen LogP contribution in [0.5, 0.6) is 0 Å². The van der Waals surface area contributed by atoms with Crippen molar-refractivity contribution in [2.45, 2.75) is 35.4 Å². The highest BCUT2D eigenvalue weighted by molar-refractivity contribution is 8.00. The van der Waals surface area contributed by atoms with Gasteiger partial charge in [-0.15, -0.1) is 0 Å². The van der Waals surface area contributed by atoms with Gasteiger partial charge in [0.1, 0.15) is 4.90 Å². The Balaban J connectivity index is 2.18. The van der Waals surface area contributed by atoms with E-state index in [1.807, 2.05) is 6.26 Å². The van der Waals surface area contributed by atoms with Gasteiger partial charge in [-0.1, -0.05) is 24.1 Å². The Kier molecular flexibility index (Phi) is 5.02. The van der Waals surface area contributed by atoms with Crippen molar-refractivity contribution in [2.75, 3.05) is 12.8 Å². The van der Waals surface area contributed by atoms with E-state index >= 15 is 0 Å². The van der Waals surface area contributed by atoms with Gasteiger partial charge in [0, 0.05) is 17.8 Å². The summed E-state index contributed by atoms with van der Waals surface area (Å²) in [5, 5.41) is 0.224. The van der Waals surface area contributed by atoms with E-state index in [1.165, 1.54) is 6.07 Å². The van der Waals surface area contributed by atoms with E-state index in [0.29, 0.717) is 6.54 Å². The average Bonchev–Trinajstić information content (AvgIpc) is 2.38. The lowest BCUT2D eigenvalue weighted by Gasteiger charge is -2.40. The molecule has 20 heavy (non-hydrogen) atoms. The van der Waals surface area contributed by atoms with Crippen LogP contribution in [-0.4, -0.2) is 26.0 Å². The van der Waals surface area contributed by atoms with Gasteiger partial charge in [-0.25, -0.2) is 13.1 Å². The molecule has 2 rings (SSSR count). The molecule has 0 amide bonds. The monoisotopic (exact) mass is 334 g/mol. The first-order chi connectivity index (χ1) is 9.42. The number of hydrogen-bond donors (Lipinski definition) is 2. The first-order valence-corrected chi connectivity index (χ1v) is 9.54. The zero-order chi connectivity index (χ0) is 14.8. The normalized spacial score (nSPS) is 17.8. The van der Waals surface area contributed by atoms with Gasteiger partial charge in [0.25, 0.3) is 0 Å². The van der Waals surface area contributed by atoms with E-state index in [4.69, 9.17) is 17.3 Å². The van der Waals surface area contributed by atoms with Crippen molar-refractivity contribution in [3.05, 3.63) is 28.8 Å². The average molecular weight is 335 g/mol. The third-order valence-electron chi connectivity index (χ3n) is 3.80. The molecule has 1 aliphatic carbocycles. The number of nitrogens with two attached hydrogens (primary N) is 1. The fraction of sp³-hybridized carbons (Fsp3) is 0.538. The molecule has 1 aromatic rings. The molecule has 1 saturated carbocycles. The van der Waals surface area contributed by atoms with E-state index in [9.17, 15) is 8.42 Å². The van der Waals surface area contributed by atoms with Crippen molar-refractivity contribution in [3.63, 3.8) is 0 Å². The van der Waals surface area contributed by atoms with E-state index in [2.05, 4.69) is 4.72 Å². The molecule has 7 heteroatoms. The molecular weight excluding hydrogens is 316 g/mol. The van der Waals surface area contributed by atoms with Crippen LogP contribution < -0.4 is 10.5 Å². The zero-order valence-corrected chi connectivity index (χ0v) is 13.7. The highest BCUT2D eigenvalue weighted by Crippen LogP contribution is 2.42. The maximum absolute atomic E-state index is 12.4. The summed E-state index contributed by atoms with van der Waals surface area (Å²) in [7, 11) is -3.59. The summed E-state index contributed by atoms with van der Waals surface area (Å²) in [4.78, 5) is 0.109. The van der Waals surface area contributed by atoms with Crippen molar-refractivity contribution in [2.24, 2.45) is 5.73 Å². The summed E-state index contributed by atoms with van der Waals surface area (Å²) in [6, 6.07) is 4.85. The van der Waals surface area contributed by atoms with Crippen LogP contribution in [0.1, 0.15) is 24.8 Å². The Morgan fingerprint density at radius 1 is 1.45 bits per heavy atom. The SMILES string of the molecule is CSC1(CNS(=O)(=O)c2cc(CN)ccc2Cl)CCC1. The van der Waals surface area contributed by atoms with Crippen molar-refractivity contribution in [1.29, 1.82) is 0 Å². The Morgan fingerprint density at radius 3 is 2.65 bits per heavy atom. The number of thioether (sulfide) groups is 1. The second kappa shape index (κ2) is 6.23. The van der Waals surface area contributed by atoms with Crippen molar-refractivity contribution >= 4 is 33.4 Å². The summed E-state index contributed by atoms with van der Waals surface area (Å²) in [6.45, 7) is 0.730. The quantitative estimate of drug-likeness (QED) is 0.837. The summed E-state index contributed by atoms with van der Waals surface area (Å²) < 4.78 is 27.5. The number of nitrogens with one attached hydrogen (secondary N) is 1. The predicted octanol–water partition coefficient (Wildman–Crippen LogP) is 2.36. The molecule has 0 unspecified atom stereocenters. The molecule has 1 aromatic carbocycles. The first-order valence-electron chi connectivity index (χ1n) is 6.46. The van der Waals surface area contributed by atoms with Gasteiger partial charge in [0.05, 0.1) is 5.02 Å². The van der Waals surface area contributed by atoms with Crippen LogP contribution in [0.2, 0.25) is 5.02 Å². The maximum Gasteiger partial charge on any atom is 0.242 e. The van der Waals surface area contributed by atoms with Crippen LogP contribution in [0, 0.1) is 0 Å². The van der Waals surface area contributed by atoms with Crippen LogP contribution >= 0.6 is 23.4 Å². The smallest absolute Gasteiger partial charge is 0.242 e. The Bertz CT molecular complexity index is 581. The lowest BCUT2D eigenvalue weighted by Crippen LogP contribution is -2.45. The van der Waals surface area contributed by atoms with Gasteiger partial charge >= 0.3 is 0 Å². The van der Waals surface area contributed by atoms with E-state index < -0.39 is 10.0 Å². The van der Waals surface area contributed by atoms with Crippen molar-refractivity contribution in [1.82, 2.24) is 4.72 Å². The summed E-state index contributed by atoms with van der Waals surface area (Å²) in [5.41, 5.74) is 6.29. The molecular formula is C13H19ClN2O2S2. The molecule has 0 bridgehead atoms. The minimum absolute atomic E-state index is 0.0467. The molecule has 0 radical (unpaired) electrons. The third-order valence-corrected chi connectivity index (χ3v) is 7.10. The number of halogens is 1. The number of rotatable bonds is 6. The Morgan fingerprint density at radius 2 is 2.15 bits per heavy atom. The standard InChI is InChI=1S/C13H19ClN2O2S2/c1-19-13(5-2-6-13)9-16-20(17,18)12-7-10(8-15)3-4-11(12)14/h3-4,7,16H,2,5-6,8-9,15H2,1H3. The Hall–Kier alpha value is -0.270. The van der Waals surface area contributed by atoms with E-state index in [-0.39, 0.29) is 21.2 Å². The van der Waals surface area contributed by atoms with Gasteiger partial charge < -0.3 is 5.73 Å². The summed E-state index contributed by atoms with van der Waals surface area (Å²) in [6.07, 6.45) is 5.28. The summed E-state index contributed by atoms with van der Waals surface area (Å²) in [5.74, 6) is 0. The van der Waals surface area contributed by atoms with Crippen molar-refractivity contribution in [3.8, 4) is 0 Å². The molecule has 1 fully saturated rings. The summed E-state index contributed by atoms with van der Waals surface area (Å²) >= 11 is 7.73. The zero-order valence-electron chi connectivity index (χ0n) is 11.4. The molecule has 3 N–H and O–H groups in total. The molecule has 112 valence electrons. The van der Waals surface area contributed by atoms with Gasteiger partial charge in [0.15, 0.2) is 0 Å². The van der Waals surface area contributed by atoms with Crippen LogP contribution in [0.15, 0.2) is 23.1 Å². The lowest BCUT2D eigenvalue weighted by atomic mass is 9.84. The highest BCUT2D eigenvalue weighted by atomic mass is 35.5. The predicted molar refractivity (Wildman–Crippen MR) is 84.6 cm³/mol. The van der Waals surface area contributed by atoms with Crippen LogP contribution in [0.3, 0.4) is 0 Å².